The topological polar surface area (TPSA) is 46.6 Å². The van der Waals surface area contributed by atoms with Gasteiger partial charge >= 0.3 is 5.97 Å². The highest BCUT2D eigenvalue weighted by Gasteiger charge is 2.38. The Kier molecular flexibility index (Phi) is 5.50. The number of esters is 1. The molecule has 1 amide bonds. The Hall–Kier alpha value is -1.08. The van der Waals surface area contributed by atoms with Crippen LogP contribution in [-0.4, -0.2) is 34.2 Å². The molecule has 8 heteroatoms. The number of ether oxygens (including phenoxy) is 1. The van der Waals surface area contributed by atoms with E-state index < -0.39 is 12.0 Å². The first-order valence-corrected chi connectivity index (χ1v) is 8.13. The molecule has 0 aliphatic carbocycles. The molecule has 1 fully saturated rings. The Bertz CT molecular complexity index is 691. The van der Waals surface area contributed by atoms with Gasteiger partial charge in [0.15, 0.2) is 0 Å². The van der Waals surface area contributed by atoms with Gasteiger partial charge in [0, 0.05) is 10.0 Å². The van der Waals surface area contributed by atoms with Crippen LogP contribution in [-0.2, 0) is 14.3 Å². The minimum Gasteiger partial charge on any atom is -0.467 e. The van der Waals surface area contributed by atoms with Crippen molar-refractivity contribution in [2.75, 3.05) is 7.11 Å². The molecule has 22 heavy (non-hydrogen) atoms. The number of amides is 1. The van der Waals surface area contributed by atoms with Crippen LogP contribution in [0.15, 0.2) is 23.1 Å². The average Bonchev–Trinajstić information content (AvgIpc) is 2.75. The van der Waals surface area contributed by atoms with Crippen molar-refractivity contribution in [3.8, 4) is 0 Å². The smallest absolute Gasteiger partial charge is 0.328 e. The third kappa shape index (κ3) is 3.46. The molecule has 1 aliphatic rings. The van der Waals surface area contributed by atoms with Crippen LogP contribution in [0.2, 0.25) is 10.0 Å². The summed E-state index contributed by atoms with van der Waals surface area (Å²) in [5.41, 5.74) is 0.650. The summed E-state index contributed by atoms with van der Waals surface area (Å²) in [6.45, 7) is 1.56. The first-order chi connectivity index (χ1) is 10.3. The fraction of sp³-hybridized carbons (Fsp3) is 0.214. The lowest BCUT2D eigenvalue weighted by molar-refractivity contribution is -0.147. The molecule has 116 valence electrons. The lowest BCUT2D eigenvalue weighted by Crippen LogP contribution is -2.42. The van der Waals surface area contributed by atoms with Crippen molar-refractivity contribution < 1.29 is 14.3 Å². The molecule has 0 N–H and O–H groups in total. The Morgan fingerprint density at radius 1 is 1.45 bits per heavy atom. The standard InChI is InChI=1S/C14H11Cl2NO3S2/c1-7(13(19)20-2)17-12(18)11(22-14(17)21)5-8-3-4-9(15)6-10(8)16/h3-7H,1-2H3/b11-5-/t7-/m0/s1. The molecule has 1 aromatic carbocycles. The van der Waals surface area contributed by atoms with Gasteiger partial charge in [-0.2, -0.15) is 0 Å². The van der Waals surface area contributed by atoms with Crippen molar-refractivity contribution in [3.05, 3.63) is 38.7 Å². The molecule has 0 saturated carbocycles. The molecule has 1 heterocycles. The van der Waals surface area contributed by atoms with Crippen LogP contribution >= 0.6 is 47.2 Å². The summed E-state index contributed by atoms with van der Waals surface area (Å²) in [5.74, 6) is -0.874. The molecule has 1 saturated heterocycles. The van der Waals surface area contributed by atoms with E-state index in [1.807, 2.05) is 0 Å². The van der Waals surface area contributed by atoms with Crippen LogP contribution in [0.25, 0.3) is 6.08 Å². The van der Waals surface area contributed by atoms with Gasteiger partial charge in [-0.1, -0.05) is 53.2 Å². The lowest BCUT2D eigenvalue weighted by Gasteiger charge is -2.20. The first kappa shape index (κ1) is 17.3. The maximum atomic E-state index is 12.4. The summed E-state index contributed by atoms with van der Waals surface area (Å²) < 4.78 is 4.95. The Labute approximate surface area is 147 Å². The van der Waals surface area contributed by atoms with Crippen LogP contribution in [0, 0.1) is 0 Å². The molecule has 1 atom stereocenters. The minimum atomic E-state index is -0.774. The van der Waals surface area contributed by atoms with Crippen LogP contribution in [0.1, 0.15) is 12.5 Å². The Morgan fingerprint density at radius 2 is 2.14 bits per heavy atom. The van der Waals surface area contributed by atoms with Gasteiger partial charge in [-0.15, -0.1) is 0 Å². The molecule has 1 aromatic rings. The molecule has 2 rings (SSSR count). The van der Waals surface area contributed by atoms with Crippen molar-refractivity contribution in [3.63, 3.8) is 0 Å². The van der Waals surface area contributed by atoms with Crippen molar-refractivity contribution in [2.45, 2.75) is 13.0 Å². The number of thiocarbonyl (C=S) groups is 1. The van der Waals surface area contributed by atoms with Crippen LogP contribution in [0.3, 0.4) is 0 Å². The van der Waals surface area contributed by atoms with Crippen molar-refractivity contribution in [1.29, 1.82) is 0 Å². The SMILES string of the molecule is COC(=O)[C@H](C)N1C(=O)/C(=C/c2ccc(Cl)cc2Cl)SC1=S. The van der Waals surface area contributed by atoms with Gasteiger partial charge < -0.3 is 4.74 Å². The van der Waals surface area contributed by atoms with Gasteiger partial charge in [0.25, 0.3) is 5.91 Å². The molecule has 0 spiro atoms. The van der Waals surface area contributed by atoms with E-state index in [0.717, 1.165) is 11.8 Å². The number of rotatable bonds is 3. The summed E-state index contributed by atoms with van der Waals surface area (Å²) in [7, 11) is 1.26. The number of carbonyl (C=O) groups is 2. The van der Waals surface area contributed by atoms with E-state index in [4.69, 9.17) is 35.4 Å². The van der Waals surface area contributed by atoms with E-state index in [1.54, 1.807) is 31.2 Å². The number of hydrogen-bond donors (Lipinski definition) is 0. The van der Waals surface area contributed by atoms with E-state index >= 15 is 0 Å². The molecule has 4 nitrogen and oxygen atoms in total. The van der Waals surface area contributed by atoms with Gasteiger partial charge in [-0.3, -0.25) is 9.69 Å². The lowest BCUT2D eigenvalue weighted by atomic mass is 10.2. The molecule has 1 aliphatic heterocycles. The van der Waals surface area contributed by atoms with Gasteiger partial charge in [0.05, 0.1) is 12.0 Å². The second-order valence-electron chi connectivity index (χ2n) is 4.42. The second kappa shape index (κ2) is 7.00. The first-order valence-electron chi connectivity index (χ1n) is 6.15. The zero-order valence-electron chi connectivity index (χ0n) is 11.6. The number of nitrogens with zero attached hydrogens (tertiary/aromatic N) is 1. The summed E-state index contributed by atoms with van der Waals surface area (Å²) in [4.78, 5) is 25.7. The third-order valence-corrected chi connectivity index (χ3v) is 4.90. The summed E-state index contributed by atoms with van der Waals surface area (Å²) >= 11 is 18.2. The molecule has 0 aromatic heterocycles. The van der Waals surface area contributed by atoms with Crippen molar-refractivity contribution in [1.82, 2.24) is 4.90 Å². The van der Waals surface area contributed by atoms with E-state index in [-0.39, 0.29) is 5.91 Å². The average molecular weight is 376 g/mol. The molecule has 0 bridgehead atoms. The normalized spacial score (nSPS) is 18.0. The summed E-state index contributed by atoms with van der Waals surface area (Å²) in [5, 5.41) is 0.938. The third-order valence-electron chi connectivity index (χ3n) is 3.00. The number of thioether (sulfide) groups is 1. The second-order valence-corrected chi connectivity index (χ2v) is 6.94. The van der Waals surface area contributed by atoms with Crippen LogP contribution in [0.4, 0.5) is 0 Å². The number of carbonyl (C=O) groups excluding carboxylic acids is 2. The van der Waals surface area contributed by atoms with Crippen molar-refractivity contribution in [2.24, 2.45) is 0 Å². The maximum absolute atomic E-state index is 12.4. The fourth-order valence-electron chi connectivity index (χ4n) is 1.85. The van der Waals surface area contributed by atoms with Crippen molar-refractivity contribution >= 4 is 69.5 Å². The Morgan fingerprint density at radius 3 is 2.73 bits per heavy atom. The maximum Gasteiger partial charge on any atom is 0.328 e. The molecule has 0 radical (unpaired) electrons. The highest BCUT2D eigenvalue weighted by Crippen LogP contribution is 2.35. The van der Waals surface area contributed by atoms with E-state index in [1.165, 1.54) is 12.0 Å². The highest BCUT2D eigenvalue weighted by molar-refractivity contribution is 8.26. The molecular formula is C14H11Cl2NO3S2. The van der Waals surface area contributed by atoms with E-state index in [0.29, 0.717) is 24.8 Å². The fourth-order valence-corrected chi connectivity index (χ4v) is 3.72. The van der Waals surface area contributed by atoms with Gasteiger partial charge in [0.2, 0.25) is 0 Å². The quantitative estimate of drug-likeness (QED) is 0.457. The van der Waals surface area contributed by atoms with Crippen LogP contribution < -0.4 is 0 Å². The summed E-state index contributed by atoms with van der Waals surface area (Å²) in [6.07, 6.45) is 1.63. The van der Waals surface area contributed by atoms with Gasteiger partial charge in [-0.05, 0) is 30.7 Å². The van der Waals surface area contributed by atoms with Gasteiger partial charge in [-0.25, -0.2) is 4.79 Å². The van der Waals surface area contributed by atoms with Crippen LogP contribution in [0.5, 0.6) is 0 Å². The zero-order valence-corrected chi connectivity index (χ0v) is 14.8. The number of methoxy groups -OCH3 is 1. The largest absolute Gasteiger partial charge is 0.467 e. The van der Waals surface area contributed by atoms with Gasteiger partial charge in [0.1, 0.15) is 10.4 Å². The number of benzene rings is 1. The number of hydrogen-bond acceptors (Lipinski definition) is 5. The molecule has 0 unspecified atom stereocenters. The molecular weight excluding hydrogens is 365 g/mol. The minimum absolute atomic E-state index is 0.305. The Balaban J connectivity index is 2.31. The number of halogens is 2. The zero-order chi connectivity index (χ0) is 16.4. The monoisotopic (exact) mass is 375 g/mol. The predicted molar refractivity (Wildman–Crippen MR) is 93.0 cm³/mol. The highest BCUT2D eigenvalue weighted by atomic mass is 35.5. The summed E-state index contributed by atoms with van der Waals surface area (Å²) in [6, 6.07) is 4.20. The van der Waals surface area contributed by atoms with E-state index in [9.17, 15) is 9.59 Å². The van der Waals surface area contributed by atoms with E-state index in [2.05, 4.69) is 4.74 Å². The predicted octanol–water partition coefficient (Wildman–Crippen LogP) is 3.76.